The molecule has 1 amide bonds. The van der Waals surface area contributed by atoms with E-state index in [1.54, 1.807) is 6.07 Å². The van der Waals surface area contributed by atoms with Crippen molar-refractivity contribution in [2.24, 2.45) is 0 Å². The minimum absolute atomic E-state index is 0.0133. The average Bonchev–Trinajstić information content (AvgIpc) is 2.80. The Morgan fingerprint density at radius 2 is 2.04 bits per heavy atom. The molecule has 0 aliphatic carbocycles. The summed E-state index contributed by atoms with van der Waals surface area (Å²) in [6.07, 6.45) is 2.56. The van der Waals surface area contributed by atoms with Gasteiger partial charge in [-0.05, 0) is 45.4 Å². The molecule has 0 spiro atoms. The average molecular weight is 334 g/mol. The molecule has 6 nitrogen and oxygen atoms in total. The summed E-state index contributed by atoms with van der Waals surface area (Å²) in [5.74, 6) is -0.213. The Balaban J connectivity index is 2.03. The molecule has 2 rings (SSSR count). The van der Waals surface area contributed by atoms with Crippen molar-refractivity contribution in [1.82, 2.24) is 9.80 Å². The van der Waals surface area contributed by atoms with Gasteiger partial charge in [0.1, 0.15) is 5.75 Å². The Morgan fingerprint density at radius 3 is 2.75 bits per heavy atom. The number of carboxylic acid groups (broad SMARTS) is 1. The molecule has 1 aromatic rings. The molecule has 0 bridgehead atoms. The van der Waals surface area contributed by atoms with E-state index in [1.807, 2.05) is 42.0 Å². The van der Waals surface area contributed by atoms with Crippen LogP contribution in [0.5, 0.6) is 5.75 Å². The quantitative estimate of drug-likeness (QED) is 0.863. The fourth-order valence-corrected chi connectivity index (χ4v) is 3.16. The lowest BCUT2D eigenvalue weighted by Gasteiger charge is -2.26. The molecular weight excluding hydrogens is 308 g/mol. The van der Waals surface area contributed by atoms with Gasteiger partial charge in [-0.15, -0.1) is 0 Å². The van der Waals surface area contributed by atoms with Gasteiger partial charge in [0.05, 0.1) is 18.7 Å². The highest BCUT2D eigenvalue weighted by Crippen LogP contribution is 2.23. The second-order valence-electron chi connectivity index (χ2n) is 6.11. The van der Waals surface area contributed by atoms with E-state index < -0.39 is 5.97 Å². The first-order valence-corrected chi connectivity index (χ1v) is 8.46. The number of carbonyl (C=O) groups excluding carboxylic acids is 1. The number of likely N-dealkylation sites (tertiary alicyclic amines) is 1. The Labute approximate surface area is 143 Å². The lowest BCUT2D eigenvalue weighted by Crippen LogP contribution is -2.37. The number of nitrogens with zero attached hydrogens (tertiary/aromatic N) is 2. The molecule has 1 heterocycles. The smallest absolute Gasteiger partial charge is 0.317 e. The van der Waals surface area contributed by atoms with Gasteiger partial charge in [0.15, 0.2) is 0 Å². The molecular formula is C18H26N2O4. The number of hydrogen-bond acceptors (Lipinski definition) is 4. The van der Waals surface area contributed by atoms with Crippen molar-refractivity contribution in [3.05, 3.63) is 29.8 Å². The molecule has 1 aliphatic rings. The lowest BCUT2D eigenvalue weighted by molar-refractivity contribution is -0.138. The Bertz CT molecular complexity index is 576. The molecule has 1 atom stereocenters. The predicted molar refractivity (Wildman–Crippen MR) is 91.4 cm³/mol. The number of para-hydroxylation sites is 1. The van der Waals surface area contributed by atoms with E-state index in [0.717, 1.165) is 19.3 Å². The number of likely N-dealkylation sites (N-methyl/N-ethyl adjacent to an activating group) is 1. The van der Waals surface area contributed by atoms with Gasteiger partial charge >= 0.3 is 5.97 Å². The standard InChI is InChI=1S/C18H26N2O4/c1-3-24-16-9-5-4-8-15(16)18(23)20-11-6-7-14(10-12-20)19(2)13-17(21)22/h4-5,8-9,14H,3,6-7,10-13H2,1-2H3,(H,21,22). The highest BCUT2D eigenvalue weighted by molar-refractivity contribution is 5.97. The van der Waals surface area contributed by atoms with E-state index in [0.29, 0.717) is 31.0 Å². The van der Waals surface area contributed by atoms with Crippen LogP contribution in [0.2, 0.25) is 0 Å². The van der Waals surface area contributed by atoms with E-state index in [2.05, 4.69) is 0 Å². The first kappa shape index (κ1) is 18.3. The fraction of sp³-hybridized carbons (Fsp3) is 0.556. The van der Waals surface area contributed by atoms with Gasteiger partial charge in [-0.2, -0.15) is 0 Å². The number of hydrogen-bond donors (Lipinski definition) is 1. The summed E-state index contributed by atoms with van der Waals surface area (Å²) in [6, 6.07) is 7.52. The van der Waals surface area contributed by atoms with Crippen LogP contribution >= 0.6 is 0 Å². The van der Waals surface area contributed by atoms with Crippen molar-refractivity contribution in [3.8, 4) is 5.75 Å². The highest BCUT2D eigenvalue weighted by Gasteiger charge is 2.25. The molecule has 0 radical (unpaired) electrons. The largest absolute Gasteiger partial charge is 0.493 e. The van der Waals surface area contributed by atoms with Crippen molar-refractivity contribution in [1.29, 1.82) is 0 Å². The zero-order valence-electron chi connectivity index (χ0n) is 14.4. The van der Waals surface area contributed by atoms with E-state index >= 15 is 0 Å². The maximum atomic E-state index is 12.8. The highest BCUT2D eigenvalue weighted by atomic mass is 16.5. The van der Waals surface area contributed by atoms with Crippen LogP contribution in [0, 0.1) is 0 Å². The van der Waals surface area contributed by atoms with Crippen molar-refractivity contribution < 1.29 is 19.4 Å². The molecule has 0 aromatic heterocycles. The van der Waals surface area contributed by atoms with E-state index in [4.69, 9.17) is 9.84 Å². The monoisotopic (exact) mass is 334 g/mol. The third-order valence-corrected chi connectivity index (χ3v) is 4.41. The third-order valence-electron chi connectivity index (χ3n) is 4.41. The van der Waals surface area contributed by atoms with Crippen LogP contribution in [0.4, 0.5) is 0 Å². The summed E-state index contributed by atoms with van der Waals surface area (Å²) >= 11 is 0. The summed E-state index contributed by atoms with van der Waals surface area (Å²) in [7, 11) is 1.83. The molecule has 1 aliphatic heterocycles. The molecule has 132 valence electrons. The Hall–Kier alpha value is -2.08. The summed E-state index contributed by atoms with van der Waals surface area (Å²) < 4.78 is 5.56. The molecule has 1 unspecified atom stereocenters. The summed E-state index contributed by atoms with van der Waals surface area (Å²) in [6.45, 7) is 3.78. The van der Waals surface area contributed by atoms with E-state index in [-0.39, 0.29) is 18.5 Å². The number of aliphatic carboxylic acids is 1. The van der Waals surface area contributed by atoms with Crippen LogP contribution in [0.3, 0.4) is 0 Å². The normalized spacial score (nSPS) is 18.3. The summed E-state index contributed by atoms with van der Waals surface area (Å²) in [4.78, 5) is 27.4. The van der Waals surface area contributed by atoms with Crippen molar-refractivity contribution in [2.45, 2.75) is 32.2 Å². The number of ether oxygens (including phenoxy) is 1. The van der Waals surface area contributed by atoms with Gasteiger partial charge in [-0.3, -0.25) is 14.5 Å². The van der Waals surface area contributed by atoms with Crippen LogP contribution in [-0.2, 0) is 4.79 Å². The van der Waals surface area contributed by atoms with E-state index in [1.165, 1.54) is 0 Å². The van der Waals surface area contributed by atoms with E-state index in [9.17, 15) is 9.59 Å². The van der Waals surface area contributed by atoms with Crippen molar-refractivity contribution >= 4 is 11.9 Å². The van der Waals surface area contributed by atoms with Crippen LogP contribution in [0.1, 0.15) is 36.5 Å². The zero-order chi connectivity index (χ0) is 17.5. The number of benzene rings is 1. The number of carbonyl (C=O) groups is 2. The first-order chi connectivity index (χ1) is 11.5. The van der Waals surface area contributed by atoms with Gasteiger partial charge in [0.2, 0.25) is 0 Å². The first-order valence-electron chi connectivity index (χ1n) is 8.46. The molecule has 6 heteroatoms. The molecule has 0 saturated carbocycles. The Morgan fingerprint density at radius 1 is 1.29 bits per heavy atom. The van der Waals surface area contributed by atoms with Crippen LogP contribution < -0.4 is 4.74 Å². The SMILES string of the molecule is CCOc1ccccc1C(=O)N1CCCC(N(C)CC(=O)O)CC1. The van der Waals surface area contributed by atoms with Gasteiger partial charge in [-0.1, -0.05) is 12.1 Å². The number of amides is 1. The summed E-state index contributed by atoms with van der Waals surface area (Å²) in [5.41, 5.74) is 0.594. The molecule has 1 fully saturated rings. The Kier molecular flexibility index (Phi) is 6.61. The van der Waals surface area contributed by atoms with Gasteiger partial charge in [0.25, 0.3) is 5.91 Å². The fourth-order valence-electron chi connectivity index (χ4n) is 3.16. The molecule has 1 aromatic carbocycles. The van der Waals surface area contributed by atoms with Crippen molar-refractivity contribution in [3.63, 3.8) is 0 Å². The molecule has 1 N–H and O–H groups in total. The van der Waals surface area contributed by atoms with Crippen LogP contribution in [-0.4, -0.2) is 66.1 Å². The molecule has 24 heavy (non-hydrogen) atoms. The topological polar surface area (TPSA) is 70.1 Å². The van der Waals surface area contributed by atoms with Crippen LogP contribution in [0.25, 0.3) is 0 Å². The van der Waals surface area contributed by atoms with Gasteiger partial charge in [-0.25, -0.2) is 0 Å². The second-order valence-corrected chi connectivity index (χ2v) is 6.11. The third kappa shape index (κ3) is 4.71. The second kappa shape index (κ2) is 8.68. The van der Waals surface area contributed by atoms with Gasteiger partial charge < -0.3 is 14.7 Å². The zero-order valence-corrected chi connectivity index (χ0v) is 14.4. The maximum Gasteiger partial charge on any atom is 0.317 e. The van der Waals surface area contributed by atoms with Crippen LogP contribution in [0.15, 0.2) is 24.3 Å². The van der Waals surface area contributed by atoms with Gasteiger partial charge in [0, 0.05) is 19.1 Å². The lowest BCUT2D eigenvalue weighted by atomic mass is 10.1. The predicted octanol–water partition coefficient (Wildman–Crippen LogP) is 2.10. The maximum absolute atomic E-state index is 12.8. The van der Waals surface area contributed by atoms with Crippen molar-refractivity contribution in [2.75, 3.05) is 33.3 Å². The minimum Gasteiger partial charge on any atom is -0.493 e. The number of carboxylic acids is 1. The molecule has 1 saturated heterocycles. The number of rotatable bonds is 6. The summed E-state index contributed by atoms with van der Waals surface area (Å²) in [5, 5.41) is 8.93. The minimum atomic E-state index is -0.819.